The molecule has 0 radical (unpaired) electrons. The number of nitrogens with zero attached hydrogens (tertiary/aromatic N) is 3. The number of thioether (sulfide) groups is 1. The average molecular weight is 381 g/mol. The van der Waals surface area contributed by atoms with Crippen molar-refractivity contribution in [3.8, 4) is 0 Å². The first-order valence-electron chi connectivity index (χ1n) is 8.59. The molecule has 1 aliphatic rings. The lowest BCUT2D eigenvalue weighted by atomic mass is 10.1. The van der Waals surface area contributed by atoms with Crippen LogP contribution in [-0.2, 0) is 11.2 Å². The summed E-state index contributed by atoms with van der Waals surface area (Å²) >= 11 is 1.41. The molecule has 0 N–H and O–H groups in total. The number of amides is 1. The minimum absolute atomic E-state index is 0.0112. The SMILES string of the molecule is C=CCN1C(=O)C(Cc2ccccc2)S/C1=N\N=C(/C)c1ccc(F)cc1. The van der Waals surface area contributed by atoms with Crippen molar-refractivity contribution in [3.63, 3.8) is 0 Å². The highest BCUT2D eigenvalue weighted by atomic mass is 32.2. The van der Waals surface area contributed by atoms with Gasteiger partial charge in [0.15, 0.2) is 5.17 Å². The number of carbonyl (C=O) groups excluding carboxylic acids is 1. The van der Waals surface area contributed by atoms with E-state index in [1.165, 1.54) is 23.9 Å². The highest BCUT2D eigenvalue weighted by molar-refractivity contribution is 8.15. The summed E-state index contributed by atoms with van der Waals surface area (Å²) < 4.78 is 13.1. The van der Waals surface area contributed by atoms with Crippen molar-refractivity contribution < 1.29 is 9.18 Å². The lowest BCUT2D eigenvalue weighted by Crippen LogP contribution is -2.32. The highest BCUT2D eigenvalue weighted by Crippen LogP contribution is 2.30. The molecule has 2 aromatic rings. The molecule has 1 unspecified atom stereocenters. The van der Waals surface area contributed by atoms with Crippen LogP contribution in [0.5, 0.6) is 0 Å². The van der Waals surface area contributed by atoms with Crippen LogP contribution in [0.25, 0.3) is 0 Å². The third-order valence-electron chi connectivity index (χ3n) is 4.14. The number of hydrogen-bond donors (Lipinski definition) is 0. The fourth-order valence-electron chi connectivity index (χ4n) is 2.71. The summed E-state index contributed by atoms with van der Waals surface area (Å²) in [5.41, 5.74) is 2.54. The zero-order valence-electron chi connectivity index (χ0n) is 15.0. The van der Waals surface area contributed by atoms with E-state index in [2.05, 4.69) is 16.8 Å². The van der Waals surface area contributed by atoms with Crippen LogP contribution in [0.4, 0.5) is 4.39 Å². The molecule has 4 nitrogen and oxygen atoms in total. The molecule has 1 amide bonds. The van der Waals surface area contributed by atoms with Crippen LogP contribution in [0, 0.1) is 5.82 Å². The van der Waals surface area contributed by atoms with E-state index in [1.54, 1.807) is 30.0 Å². The lowest BCUT2D eigenvalue weighted by molar-refractivity contribution is -0.125. The Morgan fingerprint density at radius 3 is 2.59 bits per heavy atom. The van der Waals surface area contributed by atoms with Gasteiger partial charge >= 0.3 is 0 Å². The number of benzene rings is 2. The first-order valence-corrected chi connectivity index (χ1v) is 9.47. The molecule has 0 aromatic heterocycles. The summed E-state index contributed by atoms with van der Waals surface area (Å²) in [6, 6.07) is 16.0. The van der Waals surface area contributed by atoms with E-state index in [-0.39, 0.29) is 17.0 Å². The molecule has 0 spiro atoms. The van der Waals surface area contributed by atoms with Crippen molar-refractivity contribution in [1.29, 1.82) is 0 Å². The summed E-state index contributed by atoms with van der Waals surface area (Å²) in [5.74, 6) is -0.284. The fourth-order valence-corrected chi connectivity index (χ4v) is 3.85. The van der Waals surface area contributed by atoms with Gasteiger partial charge in [-0.3, -0.25) is 9.69 Å². The molecule has 27 heavy (non-hydrogen) atoms. The van der Waals surface area contributed by atoms with Crippen LogP contribution in [0.15, 0.2) is 77.5 Å². The van der Waals surface area contributed by atoms with Crippen molar-refractivity contribution in [2.75, 3.05) is 6.54 Å². The second-order valence-electron chi connectivity index (χ2n) is 6.11. The van der Waals surface area contributed by atoms with E-state index in [4.69, 9.17) is 0 Å². The van der Waals surface area contributed by atoms with Crippen molar-refractivity contribution >= 4 is 28.5 Å². The normalized spacial score (nSPS) is 19.0. The van der Waals surface area contributed by atoms with Gasteiger partial charge in [-0.15, -0.1) is 11.7 Å². The van der Waals surface area contributed by atoms with Crippen molar-refractivity contribution in [2.45, 2.75) is 18.6 Å². The van der Waals surface area contributed by atoms with Gasteiger partial charge in [-0.05, 0) is 36.6 Å². The molecule has 2 aromatic carbocycles. The topological polar surface area (TPSA) is 45.0 Å². The van der Waals surface area contributed by atoms with E-state index < -0.39 is 0 Å². The smallest absolute Gasteiger partial charge is 0.242 e. The zero-order valence-corrected chi connectivity index (χ0v) is 15.8. The maximum absolute atomic E-state index is 13.1. The molecule has 0 aliphatic carbocycles. The standard InChI is InChI=1S/C21H20FN3OS/c1-3-13-25-20(26)19(14-16-7-5-4-6-8-16)27-21(25)24-23-15(2)17-9-11-18(22)12-10-17/h3-12,19H,1,13-14H2,2H3/b23-15+,24-21-. The summed E-state index contributed by atoms with van der Waals surface area (Å²) in [6.07, 6.45) is 2.31. The van der Waals surface area contributed by atoms with Crippen LogP contribution in [0.2, 0.25) is 0 Å². The molecule has 6 heteroatoms. The lowest BCUT2D eigenvalue weighted by Gasteiger charge is -2.13. The van der Waals surface area contributed by atoms with Gasteiger partial charge in [0.2, 0.25) is 5.91 Å². The van der Waals surface area contributed by atoms with Crippen LogP contribution >= 0.6 is 11.8 Å². The van der Waals surface area contributed by atoms with E-state index in [0.717, 1.165) is 11.1 Å². The number of amidine groups is 1. The number of halogens is 1. The minimum Gasteiger partial charge on any atom is -0.285 e. The Hall–Kier alpha value is -2.73. The van der Waals surface area contributed by atoms with Crippen molar-refractivity contribution in [1.82, 2.24) is 4.90 Å². The Balaban J connectivity index is 1.80. The third kappa shape index (κ3) is 4.71. The van der Waals surface area contributed by atoms with Crippen LogP contribution in [0.3, 0.4) is 0 Å². The van der Waals surface area contributed by atoms with Crippen LogP contribution in [-0.4, -0.2) is 33.5 Å². The molecule has 1 fully saturated rings. The highest BCUT2D eigenvalue weighted by Gasteiger charge is 2.37. The Morgan fingerprint density at radius 1 is 1.22 bits per heavy atom. The average Bonchev–Trinajstić information content (AvgIpc) is 2.97. The molecule has 0 saturated carbocycles. The summed E-state index contributed by atoms with van der Waals surface area (Å²) in [7, 11) is 0. The quantitative estimate of drug-likeness (QED) is 0.426. The van der Waals surface area contributed by atoms with Gasteiger partial charge in [-0.2, -0.15) is 5.10 Å². The summed E-state index contributed by atoms with van der Waals surface area (Å²) in [4.78, 5) is 14.4. The summed E-state index contributed by atoms with van der Waals surface area (Å²) in [6.45, 7) is 5.92. The number of carbonyl (C=O) groups is 1. The van der Waals surface area contributed by atoms with Gasteiger partial charge in [-0.1, -0.05) is 60.3 Å². The van der Waals surface area contributed by atoms with E-state index in [0.29, 0.717) is 23.8 Å². The molecule has 1 heterocycles. The predicted molar refractivity (Wildman–Crippen MR) is 109 cm³/mol. The fraction of sp³-hybridized carbons (Fsp3) is 0.190. The molecule has 1 saturated heterocycles. The van der Waals surface area contributed by atoms with Gasteiger partial charge in [0, 0.05) is 6.54 Å². The monoisotopic (exact) mass is 381 g/mol. The molecule has 138 valence electrons. The number of hydrogen-bond acceptors (Lipinski definition) is 4. The molecule has 1 atom stereocenters. The molecule has 3 rings (SSSR count). The van der Waals surface area contributed by atoms with Gasteiger partial charge in [0.1, 0.15) is 5.82 Å². The Kier molecular flexibility index (Phi) is 6.19. The third-order valence-corrected chi connectivity index (χ3v) is 5.31. The molecule has 1 aliphatic heterocycles. The number of rotatable bonds is 6. The Labute approximate surface area is 162 Å². The van der Waals surface area contributed by atoms with E-state index >= 15 is 0 Å². The second-order valence-corrected chi connectivity index (χ2v) is 7.28. The summed E-state index contributed by atoms with van der Waals surface area (Å²) in [5, 5.41) is 8.87. The maximum atomic E-state index is 13.1. The van der Waals surface area contributed by atoms with Gasteiger partial charge in [0.05, 0.1) is 11.0 Å². The Morgan fingerprint density at radius 2 is 1.93 bits per heavy atom. The molecular formula is C21H20FN3OS. The van der Waals surface area contributed by atoms with Crippen LogP contribution in [0.1, 0.15) is 18.1 Å². The molecular weight excluding hydrogens is 361 g/mol. The second kappa shape index (κ2) is 8.77. The minimum atomic E-state index is -0.296. The maximum Gasteiger partial charge on any atom is 0.242 e. The predicted octanol–water partition coefficient (Wildman–Crippen LogP) is 4.28. The first-order chi connectivity index (χ1) is 13.1. The first kappa shape index (κ1) is 19.0. The van der Waals surface area contributed by atoms with Crippen molar-refractivity contribution in [3.05, 3.63) is 84.2 Å². The van der Waals surface area contributed by atoms with Gasteiger partial charge in [-0.25, -0.2) is 4.39 Å². The van der Waals surface area contributed by atoms with Gasteiger partial charge in [0.25, 0.3) is 0 Å². The van der Waals surface area contributed by atoms with E-state index in [1.807, 2.05) is 30.3 Å². The Bertz CT molecular complexity index is 878. The van der Waals surface area contributed by atoms with Gasteiger partial charge < -0.3 is 0 Å². The molecule has 0 bridgehead atoms. The zero-order chi connectivity index (χ0) is 19.2. The van der Waals surface area contributed by atoms with E-state index in [9.17, 15) is 9.18 Å². The van der Waals surface area contributed by atoms with Crippen molar-refractivity contribution in [2.24, 2.45) is 10.2 Å². The largest absolute Gasteiger partial charge is 0.285 e. The van der Waals surface area contributed by atoms with Crippen LogP contribution < -0.4 is 0 Å².